The third kappa shape index (κ3) is 3.85. The van der Waals surface area contributed by atoms with Crippen LogP contribution in [0.3, 0.4) is 0 Å². The summed E-state index contributed by atoms with van der Waals surface area (Å²) in [6, 6.07) is 14.6. The smallest absolute Gasteiger partial charge is 0.212 e. The van der Waals surface area contributed by atoms with E-state index in [4.69, 9.17) is 0 Å². The summed E-state index contributed by atoms with van der Waals surface area (Å²) >= 11 is 0. The quantitative estimate of drug-likeness (QED) is 0.656. The summed E-state index contributed by atoms with van der Waals surface area (Å²) in [4.78, 5) is 0. The Morgan fingerprint density at radius 1 is 1.13 bits per heavy atom. The van der Waals surface area contributed by atoms with Crippen LogP contribution in [0.1, 0.15) is 54.5 Å². The van der Waals surface area contributed by atoms with Crippen molar-refractivity contribution in [1.82, 2.24) is 4.31 Å². The standard InChI is InChI=1S/C23H23F3N2O2S/c1-16-7-10-21(17-5-3-2-4-6-17)31(29,30)28(16)12-18-8-9-19(11-20(18)24)22(15-27)13-23(25,26)14-22/h2-6,8-9,11,16,21H,7,10,12-14H2,1H3. The number of hydrogen-bond acceptors (Lipinski definition) is 3. The van der Waals surface area contributed by atoms with Gasteiger partial charge < -0.3 is 0 Å². The second-order valence-corrected chi connectivity index (χ2v) is 10.7. The maximum Gasteiger partial charge on any atom is 0.251 e. The Balaban J connectivity index is 1.60. The molecule has 0 spiro atoms. The number of benzene rings is 2. The van der Waals surface area contributed by atoms with E-state index in [9.17, 15) is 26.9 Å². The summed E-state index contributed by atoms with van der Waals surface area (Å²) in [5.41, 5.74) is -0.325. The second kappa shape index (κ2) is 7.64. The van der Waals surface area contributed by atoms with Crippen molar-refractivity contribution < 1.29 is 21.6 Å². The van der Waals surface area contributed by atoms with Crippen molar-refractivity contribution >= 4 is 10.0 Å². The molecule has 1 heterocycles. The number of nitriles is 1. The molecule has 164 valence electrons. The normalized spacial score (nSPS) is 26.5. The fraction of sp³-hybridized carbons (Fsp3) is 0.435. The van der Waals surface area contributed by atoms with E-state index in [1.165, 1.54) is 16.4 Å². The van der Waals surface area contributed by atoms with Crippen LogP contribution in [-0.4, -0.2) is 24.7 Å². The molecular formula is C23H23F3N2O2S. The zero-order chi connectivity index (χ0) is 22.4. The van der Waals surface area contributed by atoms with Crippen molar-refractivity contribution in [3.63, 3.8) is 0 Å². The van der Waals surface area contributed by atoms with Crippen LogP contribution >= 0.6 is 0 Å². The summed E-state index contributed by atoms with van der Waals surface area (Å²) in [5.74, 6) is -3.61. The van der Waals surface area contributed by atoms with E-state index >= 15 is 0 Å². The zero-order valence-electron chi connectivity index (χ0n) is 17.1. The maximum atomic E-state index is 14.9. The number of sulfonamides is 1. The third-order valence-corrected chi connectivity index (χ3v) is 8.83. The van der Waals surface area contributed by atoms with E-state index in [1.54, 1.807) is 31.2 Å². The Morgan fingerprint density at radius 3 is 2.39 bits per heavy atom. The Hall–Kier alpha value is -2.37. The van der Waals surface area contributed by atoms with Gasteiger partial charge in [-0.2, -0.15) is 9.57 Å². The summed E-state index contributed by atoms with van der Waals surface area (Å²) < 4.78 is 69.6. The SMILES string of the molecule is CC1CCC(c2ccccc2)S(=O)(=O)N1Cc1ccc(C2(C#N)CC(F)(F)C2)cc1F. The lowest BCUT2D eigenvalue weighted by Crippen LogP contribution is -2.48. The van der Waals surface area contributed by atoms with Crippen molar-refractivity contribution in [2.24, 2.45) is 0 Å². The van der Waals surface area contributed by atoms with Crippen LogP contribution in [0.5, 0.6) is 0 Å². The van der Waals surface area contributed by atoms with Gasteiger partial charge in [0.25, 0.3) is 5.92 Å². The molecule has 1 aliphatic heterocycles. The van der Waals surface area contributed by atoms with Gasteiger partial charge in [0.15, 0.2) is 0 Å². The van der Waals surface area contributed by atoms with Gasteiger partial charge in [0.1, 0.15) is 11.1 Å². The molecule has 2 fully saturated rings. The third-order valence-electron chi connectivity index (χ3n) is 6.46. The van der Waals surface area contributed by atoms with Gasteiger partial charge in [0.05, 0.1) is 11.5 Å². The molecule has 0 amide bonds. The molecule has 2 aromatic carbocycles. The highest BCUT2D eigenvalue weighted by Crippen LogP contribution is 2.53. The first kappa shape index (κ1) is 21.8. The van der Waals surface area contributed by atoms with Crippen LogP contribution in [0.4, 0.5) is 13.2 Å². The minimum Gasteiger partial charge on any atom is -0.212 e. The fourth-order valence-corrected chi connectivity index (χ4v) is 6.86. The summed E-state index contributed by atoms with van der Waals surface area (Å²) in [7, 11) is -3.72. The lowest BCUT2D eigenvalue weighted by molar-refractivity contribution is -0.109. The topological polar surface area (TPSA) is 61.2 Å². The van der Waals surface area contributed by atoms with E-state index in [-0.39, 0.29) is 23.7 Å². The van der Waals surface area contributed by atoms with Crippen molar-refractivity contribution in [1.29, 1.82) is 5.26 Å². The van der Waals surface area contributed by atoms with Gasteiger partial charge >= 0.3 is 0 Å². The highest BCUT2D eigenvalue weighted by atomic mass is 32.2. The summed E-state index contributed by atoms with van der Waals surface area (Å²) in [5, 5.41) is 8.70. The lowest BCUT2D eigenvalue weighted by Gasteiger charge is -2.42. The fourth-order valence-electron chi connectivity index (χ4n) is 4.67. The molecule has 0 aromatic heterocycles. The van der Waals surface area contributed by atoms with Crippen molar-refractivity contribution in [2.45, 2.75) is 61.8 Å². The molecule has 4 nitrogen and oxygen atoms in total. The first-order valence-electron chi connectivity index (χ1n) is 10.2. The number of halogens is 3. The van der Waals surface area contributed by atoms with Crippen molar-refractivity contribution in [3.05, 3.63) is 71.0 Å². The average molecular weight is 449 g/mol. The Bertz CT molecular complexity index is 1120. The first-order chi connectivity index (χ1) is 14.6. The molecule has 2 aliphatic rings. The van der Waals surface area contributed by atoms with E-state index in [2.05, 4.69) is 0 Å². The Labute approximate surface area is 180 Å². The Morgan fingerprint density at radius 2 is 1.81 bits per heavy atom. The van der Waals surface area contributed by atoms with Crippen molar-refractivity contribution in [2.75, 3.05) is 0 Å². The first-order valence-corrected chi connectivity index (χ1v) is 11.7. The number of alkyl halides is 2. The molecule has 0 bridgehead atoms. The van der Waals surface area contributed by atoms with Gasteiger partial charge in [-0.15, -0.1) is 0 Å². The van der Waals surface area contributed by atoms with Crippen molar-refractivity contribution in [3.8, 4) is 6.07 Å². The van der Waals surface area contributed by atoms with E-state index in [1.807, 2.05) is 12.1 Å². The molecule has 2 atom stereocenters. The number of hydrogen-bond donors (Lipinski definition) is 0. The van der Waals surface area contributed by atoms with Crippen LogP contribution < -0.4 is 0 Å². The predicted octanol–water partition coefficient (Wildman–Crippen LogP) is 5.07. The monoisotopic (exact) mass is 448 g/mol. The molecule has 0 radical (unpaired) electrons. The van der Waals surface area contributed by atoms with Crippen LogP contribution in [0, 0.1) is 17.1 Å². The molecule has 1 saturated heterocycles. The molecule has 1 aliphatic carbocycles. The molecule has 31 heavy (non-hydrogen) atoms. The highest BCUT2D eigenvalue weighted by molar-refractivity contribution is 7.89. The molecule has 2 aromatic rings. The van der Waals surface area contributed by atoms with Crippen LogP contribution in [0.15, 0.2) is 48.5 Å². The van der Waals surface area contributed by atoms with Gasteiger partial charge in [-0.05, 0) is 37.0 Å². The van der Waals surface area contributed by atoms with Gasteiger partial charge in [-0.1, -0.05) is 42.5 Å². The molecule has 0 N–H and O–H groups in total. The van der Waals surface area contributed by atoms with E-state index in [0.717, 1.165) is 6.07 Å². The van der Waals surface area contributed by atoms with E-state index < -0.39 is 45.3 Å². The molecule has 8 heteroatoms. The Kier molecular flexibility index (Phi) is 5.39. The number of nitrogens with zero attached hydrogens (tertiary/aromatic N) is 2. The van der Waals surface area contributed by atoms with Gasteiger partial charge in [0, 0.05) is 31.0 Å². The van der Waals surface area contributed by atoms with Gasteiger partial charge in [0.2, 0.25) is 10.0 Å². The number of rotatable bonds is 4. The molecule has 2 unspecified atom stereocenters. The van der Waals surface area contributed by atoms with Crippen LogP contribution in [0.2, 0.25) is 0 Å². The lowest BCUT2D eigenvalue weighted by atomic mass is 9.63. The largest absolute Gasteiger partial charge is 0.251 e. The average Bonchev–Trinajstić information content (AvgIpc) is 2.70. The zero-order valence-corrected chi connectivity index (χ0v) is 17.9. The molecular weight excluding hydrogens is 425 g/mol. The van der Waals surface area contributed by atoms with Gasteiger partial charge in [-0.3, -0.25) is 0 Å². The summed E-state index contributed by atoms with van der Waals surface area (Å²) in [6.07, 6.45) is -0.132. The summed E-state index contributed by atoms with van der Waals surface area (Å²) in [6.45, 7) is 1.65. The molecule has 1 saturated carbocycles. The van der Waals surface area contributed by atoms with Gasteiger partial charge in [-0.25, -0.2) is 21.6 Å². The maximum absolute atomic E-state index is 14.9. The minimum absolute atomic E-state index is 0.144. The van der Waals surface area contributed by atoms with E-state index in [0.29, 0.717) is 18.4 Å². The predicted molar refractivity (Wildman–Crippen MR) is 110 cm³/mol. The molecule has 4 rings (SSSR count). The highest BCUT2D eigenvalue weighted by Gasteiger charge is 2.58. The van der Waals surface area contributed by atoms with Crippen LogP contribution in [0.25, 0.3) is 0 Å². The second-order valence-electron chi connectivity index (χ2n) is 8.63. The minimum atomic E-state index is -3.72. The van der Waals surface area contributed by atoms with Crippen LogP contribution in [-0.2, 0) is 22.0 Å².